The molecule has 226 valence electrons. The Kier molecular flexibility index (Phi) is 11.0. The molecule has 17 nitrogen and oxygen atoms in total. The maximum Gasteiger partial charge on any atom is 0.217 e. The summed E-state index contributed by atoms with van der Waals surface area (Å²) in [5.74, 6) is -1.28. The Morgan fingerprint density at radius 1 is 0.641 bits per heavy atom. The molecular weight excluding hydrogens is 532 g/mol. The van der Waals surface area contributed by atoms with Gasteiger partial charge >= 0.3 is 0 Å². The fourth-order valence-electron chi connectivity index (χ4n) is 4.73. The molecule has 2 amide bonds. The summed E-state index contributed by atoms with van der Waals surface area (Å²) in [5.41, 5.74) is 0. The molecule has 10 N–H and O–H groups in total. The summed E-state index contributed by atoms with van der Waals surface area (Å²) in [7, 11) is 0. The Balaban J connectivity index is 1.92. The van der Waals surface area contributed by atoms with Gasteiger partial charge in [0.15, 0.2) is 18.9 Å². The van der Waals surface area contributed by atoms with Crippen molar-refractivity contribution >= 4 is 11.8 Å². The Morgan fingerprint density at radius 2 is 1.15 bits per heavy atom. The second-order valence-corrected chi connectivity index (χ2v) is 9.79. The molecule has 0 unspecified atom stereocenters. The van der Waals surface area contributed by atoms with Crippen molar-refractivity contribution in [2.24, 2.45) is 0 Å². The highest BCUT2D eigenvalue weighted by Crippen LogP contribution is 2.32. The maximum atomic E-state index is 12.1. The summed E-state index contributed by atoms with van der Waals surface area (Å²) in [5, 5.41) is 86.5. The van der Waals surface area contributed by atoms with Crippen LogP contribution in [-0.4, -0.2) is 158 Å². The minimum absolute atomic E-state index is 0.628. The van der Waals surface area contributed by atoms with E-state index >= 15 is 0 Å². The van der Waals surface area contributed by atoms with Crippen molar-refractivity contribution < 1.29 is 74.1 Å². The van der Waals surface area contributed by atoms with E-state index in [4.69, 9.17) is 23.7 Å². The first-order chi connectivity index (χ1) is 18.3. The molecule has 0 aromatic rings. The number of hydrogen-bond donors (Lipinski definition) is 10. The van der Waals surface area contributed by atoms with Gasteiger partial charge in [-0.25, -0.2) is 0 Å². The van der Waals surface area contributed by atoms with Crippen molar-refractivity contribution in [3.05, 3.63) is 0 Å². The molecule has 17 heteroatoms. The van der Waals surface area contributed by atoms with Crippen molar-refractivity contribution in [2.45, 2.75) is 113 Å². The number of rotatable bonds is 8. The van der Waals surface area contributed by atoms with Gasteiger partial charge in [-0.15, -0.1) is 0 Å². The van der Waals surface area contributed by atoms with Crippen LogP contribution >= 0.6 is 0 Å². The van der Waals surface area contributed by atoms with Gasteiger partial charge in [-0.3, -0.25) is 9.59 Å². The highest BCUT2D eigenvalue weighted by atomic mass is 16.8. The van der Waals surface area contributed by atoms with E-state index < -0.39 is 117 Å². The van der Waals surface area contributed by atoms with E-state index in [9.17, 15) is 50.4 Å². The summed E-state index contributed by atoms with van der Waals surface area (Å²) in [4.78, 5) is 23.9. The smallest absolute Gasteiger partial charge is 0.217 e. The molecule has 0 aromatic carbocycles. The van der Waals surface area contributed by atoms with Crippen molar-refractivity contribution in [1.82, 2.24) is 10.6 Å². The van der Waals surface area contributed by atoms with Crippen molar-refractivity contribution in [2.75, 3.05) is 13.2 Å². The van der Waals surface area contributed by atoms with Crippen LogP contribution in [0.3, 0.4) is 0 Å². The molecule has 0 saturated carbocycles. The molecule has 15 atom stereocenters. The third kappa shape index (κ3) is 7.02. The number of hydrogen-bond acceptors (Lipinski definition) is 15. The Bertz CT molecular complexity index is 837. The zero-order valence-electron chi connectivity index (χ0n) is 21.5. The van der Waals surface area contributed by atoms with Crippen LogP contribution in [0.1, 0.15) is 20.8 Å². The lowest BCUT2D eigenvalue weighted by Gasteiger charge is -2.49. The third-order valence-corrected chi connectivity index (χ3v) is 6.84. The van der Waals surface area contributed by atoms with Crippen LogP contribution in [0.5, 0.6) is 0 Å². The van der Waals surface area contributed by atoms with Gasteiger partial charge in [0.05, 0.1) is 19.3 Å². The number of amides is 2. The first kappa shape index (κ1) is 31.9. The molecule has 3 rings (SSSR count). The standard InChI is InChI=1S/C22H38N2O15/c1-6-13(29)17(33)18(34)22(35-6)38-19-12(24-8(3)28)21(37-10(5-26)15(19)31)39-20-11(23-7(2)27)16(32)14(30)9(4-25)36-20/h6,9-22,25-26,29-34H,4-5H2,1-3H3,(H,23,27)(H,24,28)/t6-,9+,10+,11+,12+,13+,14+,15-,16+,17+,18-,19+,20+,21-,22-/m0/s1. The molecule has 0 bridgehead atoms. The van der Waals surface area contributed by atoms with E-state index in [1.54, 1.807) is 0 Å². The normalized spacial score (nSPS) is 46.9. The second-order valence-electron chi connectivity index (χ2n) is 9.79. The van der Waals surface area contributed by atoms with E-state index in [-0.39, 0.29) is 0 Å². The molecule has 0 radical (unpaired) electrons. The summed E-state index contributed by atoms with van der Waals surface area (Å²) in [6, 6.07) is -2.80. The summed E-state index contributed by atoms with van der Waals surface area (Å²) >= 11 is 0. The number of carbonyl (C=O) groups is 2. The molecule has 3 heterocycles. The Morgan fingerprint density at radius 3 is 1.69 bits per heavy atom. The number of ether oxygens (including phenoxy) is 5. The molecule has 3 aliphatic heterocycles. The highest BCUT2D eigenvalue weighted by Gasteiger charge is 2.53. The minimum Gasteiger partial charge on any atom is -0.394 e. The lowest BCUT2D eigenvalue weighted by Crippen LogP contribution is -2.70. The average molecular weight is 571 g/mol. The van der Waals surface area contributed by atoms with Crippen LogP contribution < -0.4 is 10.6 Å². The minimum atomic E-state index is -1.77. The largest absolute Gasteiger partial charge is 0.394 e. The lowest BCUT2D eigenvalue weighted by molar-refractivity contribution is -0.367. The molecular formula is C22H38N2O15. The van der Waals surface area contributed by atoms with Crippen LogP contribution in [0, 0.1) is 0 Å². The van der Waals surface area contributed by atoms with Crippen LogP contribution in [0.4, 0.5) is 0 Å². The van der Waals surface area contributed by atoms with Crippen LogP contribution in [-0.2, 0) is 33.3 Å². The quantitative estimate of drug-likeness (QED) is 0.130. The van der Waals surface area contributed by atoms with Gasteiger partial charge in [0.2, 0.25) is 11.8 Å². The number of carbonyl (C=O) groups excluding carboxylic acids is 2. The summed E-state index contributed by atoms with van der Waals surface area (Å²) < 4.78 is 28.2. The zero-order valence-corrected chi connectivity index (χ0v) is 21.5. The molecule has 0 aliphatic carbocycles. The van der Waals surface area contributed by atoms with Gasteiger partial charge in [-0.05, 0) is 6.92 Å². The Labute approximate surface area is 223 Å². The van der Waals surface area contributed by atoms with Gasteiger partial charge in [0.1, 0.15) is 67.0 Å². The lowest BCUT2D eigenvalue weighted by atomic mass is 9.94. The second kappa shape index (κ2) is 13.4. The van der Waals surface area contributed by atoms with Crippen LogP contribution in [0.25, 0.3) is 0 Å². The molecule has 0 spiro atoms. The first-order valence-corrected chi connectivity index (χ1v) is 12.4. The van der Waals surface area contributed by atoms with Crippen molar-refractivity contribution in [1.29, 1.82) is 0 Å². The van der Waals surface area contributed by atoms with Gasteiger partial charge in [-0.1, -0.05) is 0 Å². The fourth-order valence-corrected chi connectivity index (χ4v) is 4.73. The van der Waals surface area contributed by atoms with E-state index in [0.717, 1.165) is 13.8 Å². The van der Waals surface area contributed by atoms with E-state index in [1.165, 1.54) is 6.92 Å². The van der Waals surface area contributed by atoms with E-state index in [2.05, 4.69) is 10.6 Å². The van der Waals surface area contributed by atoms with Gasteiger partial charge in [0, 0.05) is 13.8 Å². The molecule has 39 heavy (non-hydrogen) atoms. The number of aliphatic hydroxyl groups excluding tert-OH is 8. The Hall–Kier alpha value is -1.58. The number of nitrogens with one attached hydrogen (secondary N) is 2. The van der Waals surface area contributed by atoms with Crippen LogP contribution in [0.15, 0.2) is 0 Å². The zero-order chi connectivity index (χ0) is 29.2. The van der Waals surface area contributed by atoms with E-state index in [1.807, 2.05) is 0 Å². The first-order valence-electron chi connectivity index (χ1n) is 12.4. The van der Waals surface area contributed by atoms with Crippen molar-refractivity contribution in [3.63, 3.8) is 0 Å². The molecule has 3 aliphatic rings. The topological polar surface area (TPSA) is 266 Å². The van der Waals surface area contributed by atoms with E-state index in [0.29, 0.717) is 0 Å². The predicted molar refractivity (Wildman–Crippen MR) is 123 cm³/mol. The highest BCUT2D eigenvalue weighted by molar-refractivity contribution is 5.73. The van der Waals surface area contributed by atoms with Gasteiger partial charge in [-0.2, -0.15) is 0 Å². The number of aliphatic hydroxyl groups is 8. The summed E-state index contributed by atoms with van der Waals surface area (Å²) in [6.07, 6.45) is -19.9. The van der Waals surface area contributed by atoms with Gasteiger partial charge in [0.25, 0.3) is 0 Å². The van der Waals surface area contributed by atoms with Crippen molar-refractivity contribution in [3.8, 4) is 0 Å². The third-order valence-electron chi connectivity index (χ3n) is 6.84. The fraction of sp³-hybridized carbons (Fsp3) is 0.909. The maximum absolute atomic E-state index is 12.1. The SMILES string of the molecule is CC(=O)N[C@H]1[C@@H](O[C@@H]2O[C@H](CO)[C@H](O)[C@H](O[C@@H]3O[C@@H](C)[C@@H](O)[C@@H](O)[C@@H]3O)[C@H]2NC(C)=O)O[C@H](CO)[C@@H](O)[C@@H]1O. The predicted octanol–water partition coefficient (Wildman–Crippen LogP) is -6.26. The van der Waals surface area contributed by atoms with Crippen LogP contribution in [0.2, 0.25) is 0 Å². The van der Waals surface area contributed by atoms with Gasteiger partial charge < -0.3 is 75.2 Å². The molecule has 0 aromatic heterocycles. The molecule has 3 fully saturated rings. The summed E-state index contributed by atoms with van der Waals surface area (Å²) in [6.45, 7) is 2.16. The monoisotopic (exact) mass is 570 g/mol. The molecule has 3 saturated heterocycles. The average Bonchev–Trinajstić information content (AvgIpc) is 2.88.